The number of piperidine rings is 1. The van der Waals surface area contributed by atoms with E-state index in [4.69, 9.17) is 0 Å². The fourth-order valence-electron chi connectivity index (χ4n) is 2.62. The van der Waals surface area contributed by atoms with Crippen LogP contribution in [0.25, 0.3) is 0 Å². The third kappa shape index (κ3) is 5.28. The highest BCUT2D eigenvalue weighted by atomic mass is 32.2. The Bertz CT molecular complexity index is 763. The summed E-state index contributed by atoms with van der Waals surface area (Å²) in [5.74, 6) is -0.635. The van der Waals surface area contributed by atoms with Crippen LogP contribution in [0, 0.1) is 5.41 Å². The number of nitrogens with one attached hydrogen (secondary N) is 2. The maximum Gasteiger partial charge on any atom is 0.243 e. The van der Waals surface area contributed by atoms with Crippen LogP contribution in [0.3, 0.4) is 0 Å². The molecule has 1 saturated heterocycles. The summed E-state index contributed by atoms with van der Waals surface area (Å²) < 4.78 is 26.9. The van der Waals surface area contributed by atoms with Crippen LogP contribution in [-0.4, -0.2) is 44.2 Å². The van der Waals surface area contributed by atoms with Gasteiger partial charge in [0.25, 0.3) is 0 Å². The molecule has 1 aromatic rings. The summed E-state index contributed by atoms with van der Waals surface area (Å²) in [5, 5.41) is 5.19. The van der Waals surface area contributed by atoms with Gasteiger partial charge >= 0.3 is 0 Å². The van der Waals surface area contributed by atoms with Crippen molar-refractivity contribution in [2.24, 2.45) is 5.41 Å². The highest BCUT2D eigenvalue weighted by molar-refractivity contribution is 7.89. The molecule has 1 fully saturated rings. The topological polar surface area (TPSA) is 95.6 Å². The Morgan fingerprint density at radius 3 is 2.38 bits per heavy atom. The van der Waals surface area contributed by atoms with E-state index in [1.54, 1.807) is 32.9 Å². The van der Waals surface area contributed by atoms with E-state index in [-0.39, 0.29) is 17.3 Å². The molecule has 144 valence electrons. The highest BCUT2D eigenvalue weighted by Gasteiger charge is 2.26. The molecule has 2 rings (SSSR count). The van der Waals surface area contributed by atoms with Crippen LogP contribution in [0.4, 0.5) is 5.69 Å². The van der Waals surface area contributed by atoms with Crippen molar-refractivity contribution in [3.8, 4) is 0 Å². The SMILES string of the molecule is CC(C)(C)C(=O)NCC(=O)Nc1cccc(S(=O)(=O)N2CCCCC2)c1. The van der Waals surface area contributed by atoms with Gasteiger partial charge in [-0.05, 0) is 31.0 Å². The summed E-state index contributed by atoms with van der Waals surface area (Å²) in [5.41, 5.74) is -0.194. The van der Waals surface area contributed by atoms with Gasteiger partial charge in [0.15, 0.2) is 0 Å². The molecule has 1 aliphatic rings. The summed E-state index contributed by atoms with van der Waals surface area (Å²) in [4.78, 5) is 24.0. The van der Waals surface area contributed by atoms with E-state index in [2.05, 4.69) is 10.6 Å². The van der Waals surface area contributed by atoms with Crippen LogP contribution in [0.2, 0.25) is 0 Å². The molecule has 0 unspecified atom stereocenters. The summed E-state index contributed by atoms with van der Waals surface area (Å²) in [6, 6.07) is 6.20. The van der Waals surface area contributed by atoms with Gasteiger partial charge in [0.05, 0.1) is 11.4 Å². The van der Waals surface area contributed by atoms with Gasteiger partial charge in [0, 0.05) is 24.2 Å². The van der Waals surface area contributed by atoms with Gasteiger partial charge in [-0.2, -0.15) is 4.31 Å². The van der Waals surface area contributed by atoms with Crippen LogP contribution in [0.5, 0.6) is 0 Å². The smallest absolute Gasteiger partial charge is 0.243 e. The quantitative estimate of drug-likeness (QED) is 0.815. The molecule has 1 aliphatic heterocycles. The van der Waals surface area contributed by atoms with Gasteiger partial charge in [-0.1, -0.05) is 33.3 Å². The van der Waals surface area contributed by atoms with Crippen molar-refractivity contribution in [1.82, 2.24) is 9.62 Å². The molecule has 0 spiro atoms. The molecule has 1 heterocycles. The van der Waals surface area contributed by atoms with Crippen LogP contribution >= 0.6 is 0 Å². The average Bonchev–Trinajstić information content (AvgIpc) is 2.60. The molecule has 0 bridgehead atoms. The van der Waals surface area contributed by atoms with Crippen molar-refractivity contribution < 1.29 is 18.0 Å². The fourth-order valence-corrected chi connectivity index (χ4v) is 4.18. The minimum atomic E-state index is -3.55. The second-order valence-electron chi connectivity index (χ2n) is 7.47. The van der Waals surface area contributed by atoms with Gasteiger partial charge in [-0.25, -0.2) is 8.42 Å². The Hall–Kier alpha value is -1.93. The Labute approximate surface area is 155 Å². The molecule has 2 N–H and O–H groups in total. The molecule has 1 aromatic carbocycles. The van der Waals surface area contributed by atoms with Crippen molar-refractivity contribution in [3.63, 3.8) is 0 Å². The standard InChI is InChI=1S/C18H27N3O4S/c1-18(2,3)17(23)19-13-16(22)20-14-8-7-9-15(12-14)26(24,25)21-10-5-4-6-11-21/h7-9,12H,4-6,10-11,13H2,1-3H3,(H,19,23)(H,20,22). The van der Waals surface area contributed by atoms with Crippen molar-refractivity contribution in [2.75, 3.05) is 25.0 Å². The lowest BCUT2D eigenvalue weighted by Crippen LogP contribution is -2.39. The number of hydrogen-bond acceptors (Lipinski definition) is 4. The number of carbonyl (C=O) groups is 2. The minimum Gasteiger partial charge on any atom is -0.347 e. The number of sulfonamides is 1. The van der Waals surface area contributed by atoms with Crippen LogP contribution < -0.4 is 10.6 Å². The van der Waals surface area contributed by atoms with Crippen molar-refractivity contribution in [3.05, 3.63) is 24.3 Å². The van der Waals surface area contributed by atoms with Crippen LogP contribution in [0.15, 0.2) is 29.2 Å². The first-order chi connectivity index (χ1) is 12.1. The Kier molecular flexibility index (Phi) is 6.41. The molecular weight excluding hydrogens is 354 g/mol. The van der Waals surface area contributed by atoms with E-state index in [1.165, 1.54) is 16.4 Å². The summed E-state index contributed by atoms with van der Waals surface area (Å²) in [6.07, 6.45) is 2.77. The van der Waals surface area contributed by atoms with Crippen LogP contribution in [0.1, 0.15) is 40.0 Å². The first-order valence-electron chi connectivity index (χ1n) is 8.79. The second kappa shape index (κ2) is 8.18. The van der Waals surface area contributed by atoms with E-state index in [0.717, 1.165) is 19.3 Å². The first kappa shape index (κ1) is 20.4. The largest absolute Gasteiger partial charge is 0.347 e. The fraction of sp³-hybridized carbons (Fsp3) is 0.556. The maximum absolute atomic E-state index is 12.7. The normalized spacial score (nSPS) is 16.1. The zero-order valence-corrected chi connectivity index (χ0v) is 16.4. The molecule has 0 atom stereocenters. The predicted molar refractivity (Wildman–Crippen MR) is 100 cm³/mol. The summed E-state index contributed by atoms with van der Waals surface area (Å²) in [7, 11) is -3.55. The van der Waals surface area contributed by atoms with Gasteiger partial charge in [0.1, 0.15) is 0 Å². The van der Waals surface area contributed by atoms with E-state index >= 15 is 0 Å². The number of rotatable bonds is 5. The maximum atomic E-state index is 12.7. The number of benzene rings is 1. The van der Waals surface area contributed by atoms with Gasteiger partial charge < -0.3 is 10.6 Å². The van der Waals surface area contributed by atoms with Gasteiger partial charge in [-0.15, -0.1) is 0 Å². The lowest BCUT2D eigenvalue weighted by Gasteiger charge is -2.26. The minimum absolute atomic E-state index is 0.163. The van der Waals surface area contributed by atoms with E-state index < -0.39 is 21.3 Å². The third-order valence-corrected chi connectivity index (χ3v) is 6.06. The molecule has 8 heteroatoms. The molecule has 7 nitrogen and oxygen atoms in total. The molecule has 2 amide bonds. The number of amides is 2. The zero-order valence-electron chi connectivity index (χ0n) is 15.5. The van der Waals surface area contributed by atoms with Crippen molar-refractivity contribution in [1.29, 1.82) is 0 Å². The molecule has 26 heavy (non-hydrogen) atoms. The predicted octanol–water partition coefficient (Wildman–Crippen LogP) is 1.96. The highest BCUT2D eigenvalue weighted by Crippen LogP contribution is 2.22. The molecule has 0 aliphatic carbocycles. The lowest BCUT2D eigenvalue weighted by molar-refractivity contribution is -0.130. The molecule has 0 aromatic heterocycles. The number of nitrogens with zero attached hydrogens (tertiary/aromatic N) is 1. The zero-order chi connectivity index (χ0) is 19.4. The van der Waals surface area contributed by atoms with Crippen LogP contribution in [-0.2, 0) is 19.6 Å². The lowest BCUT2D eigenvalue weighted by atomic mass is 9.96. The van der Waals surface area contributed by atoms with E-state index in [0.29, 0.717) is 18.8 Å². The number of carbonyl (C=O) groups excluding carboxylic acids is 2. The summed E-state index contributed by atoms with van der Waals surface area (Å²) in [6.45, 7) is 6.16. The average molecular weight is 381 g/mol. The molecule has 0 radical (unpaired) electrons. The molecule has 0 saturated carbocycles. The second-order valence-corrected chi connectivity index (χ2v) is 9.41. The monoisotopic (exact) mass is 381 g/mol. The summed E-state index contributed by atoms with van der Waals surface area (Å²) >= 11 is 0. The third-order valence-electron chi connectivity index (χ3n) is 4.16. The Morgan fingerprint density at radius 1 is 1.12 bits per heavy atom. The Balaban J connectivity index is 2.02. The van der Waals surface area contributed by atoms with Crippen molar-refractivity contribution >= 4 is 27.5 Å². The Morgan fingerprint density at radius 2 is 1.77 bits per heavy atom. The number of hydrogen-bond donors (Lipinski definition) is 2. The van der Waals surface area contributed by atoms with E-state index in [9.17, 15) is 18.0 Å². The van der Waals surface area contributed by atoms with Gasteiger partial charge in [-0.3, -0.25) is 9.59 Å². The molecular formula is C18H27N3O4S. The van der Waals surface area contributed by atoms with E-state index in [1.807, 2.05) is 0 Å². The van der Waals surface area contributed by atoms with Crippen molar-refractivity contribution in [2.45, 2.75) is 44.9 Å². The number of anilines is 1. The van der Waals surface area contributed by atoms with Gasteiger partial charge in [0.2, 0.25) is 21.8 Å². The first-order valence-corrected chi connectivity index (χ1v) is 10.2.